The van der Waals surface area contributed by atoms with Crippen molar-refractivity contribution < 1.29 is 38.0 Å². The monoisotopic (exact) mass is 741 g/mol. The van der Waals surface area contributed by atoms with Crippen LogP contribution in [0.15, 0.2) is 12.1 Å². The quantitative estimate of drug-likeness (QED) is 0.176. The lowest BCUT2D eigenvalue weighted by Gasteiger charge is -2.35. The minimum atomic E-state index is -0.00354. The van der Waals surface area contributed by atoms with E-state index in [0.717, 1.165) is 31.5 Å². The highest BCUT2D eigenvalue weighted by Gasteiger charge is 2.31. The Balaban J connectivity index is 1.72. The molecule has 2 fully saturated rings. The summed E-state index contributed by atoms with van der Waals surface area (Å²) in [6.45, 7) is 6.04. The molecule has 0 N–H and O–H groups in total. The molecular weight excluding hydrogens is 686 g/mol. The molecule has 0 saturated carbocycles. The predicted octanol–water partition coefficient (Wildman–Crippen LogP) is 2.09. The van der Waals surface area contributed by atoms with Gasteiger partial charge in [0.05, 0.1) is 53.8 Å². The molecule has 1 amide bonds. The molecular formula is C36H55N9O8. The number of piperazine rings is 1. The van der Waals surface area contributed by atoms with E-state index in [4.69, 9.17) is 53.1 Å². The van der Waals surface area contributed by atoms with Crippen molar-refractivity contribution >= 4 is 40.5 Å². The van der Waals surface area contributed by atoms with Crippen molar-refractivity contribution in [2.24, 2.45) is 0 Å². The van der Waals surface area contributed by atoms with Gasteiger partial charge in [-0.05, 0) is 30.5 Å². The first-order valence-electron chi connectivity index (χ1n) is 17.9. The van der Waals surface area contributed by atoms with Gasteiger partial charge in [0, 0.05) is 87.8 Å². The van der Waals surface area contributed by atoms with Gasteiger partial charge in [-0.1, -0.05) is 0 Å². The van der Waals surface area contributed by atoms with Gasteiger partial charge in [-0.2, -0.15) is 9.97 Å². The third-order valence-corrected chi connectivity index (χ3v) is 9.67. The number of methoxy groups -OCH3 is 7. The molecule has 2 aliphatic rings. The van der Waals surface area contributed by atoms with Crippen LogP contribution in [0.4, 0.5) is 23.5 Å². The first kappa shape index (κ1) is 39.8. The number of benzene rings is 1. The first-order valence-corrected chi connectivity index (χ1v) is 17.9. The smallest absolute Gasteiger partial charge is 0.241 e. The highest BCUT2D eigenvalue weighted by atomic mass is 16.5. The van der Waals surface area contributed by atoms with Crippen LogP contribution in [0.1, 0.15) is 18.4 Å². The molecule has 4 heterocycles. The van der Waals surface area contributed by atoms with Crippen molar-refractivity contribution in [3.63, 3.8) is 0 Å². The Morgan fingerprint density at radius 3 is 1.70 bits per heavy atom. The summed E-state index contributed by atoms with van der Waals surface area (Å²) in [7, 11) is 13.4. The van der Waals surface area contributed by atoms with Crippen molar-refractivity contribution in [3.8, 4) is 17.2 Å². The standard InChI is InChI=1S/C36H55N9O8/c1-41-13-14-44(24-29(41)46)34-31-30(33(42-11-9-26(50-5)10-12-42)39-35(37-31)43(15-18-47-2)16-19-48-3)38-36(40-34)45(17-20-49-4)23-25-21-27(51-6)32(53-8)28(22-25)52-7/h21-22,26H,9-20,23-24H2,1-8H3. The number of ether oxygens (including phenoxy) is 7. The van der Waals surface area contributed by atoms with Crippen molar-refractivity contribution in [3.05, 3.63) is 17.7 Å². The maximum absolute atomic E-state index is 13.2. The fourth-order valence-electron chi connectivity index (χ4n) is 6.54. The van der Waals surface area contributed by atoms with E-state index < -0.39 is 0 Å². The van der Waals surface area contributed by atoms with Crippen LogP contribution in [0.25, 0.3) is 11.0 Å². The number of carbonyl (C=O) groups is 1. The molecule has 292 valence electrons. The Kier molecular flexibility index (Phi) is 14.3. The summed E-state index contributed by atoms with van der Waals surface area (Å²) in [6.07, 6.45) is 1.85. The number of hydrogen-bond donors (Lipinski definition) is 0. The Hall–Kier alpha value is -4.45. The average molecular weight is 742 g/mol. The Morgan fingerprint density at radius 2 is 1.21 bits per heavy atom. The summed E-state index contributed by atoms with van der Waals surface area (Å²) in [4.78, 5) is 44.1. The Bertz CT molecular complexity index is 1630. The van der Waals surface area contributed by atoms with Gasteiger partial charge < -0.3 is 57.7 Å². The maximum atomic E-state index is 13.2. The van der Waals surface area contributed by atoms with Crippen LogP contribution in [0.5, 0.6) is 17.2 Å². The maximum Gasteiger partial charge on any atom is 0.241 e. The van der Waals surface area contributed by atoms with E-state index in [9.17, 15) is 4.79 Å². The van der Waals surface area contributed by atoms with Gasteiger partial charge in [0.1, 0.15) is 11.0 Å². The van der Waals surface area contributed by atoms with Crippen LogP contribution >= 0.6 is 0 Å². The fourth-order valence-corrected chi connectivity index (χ4v) is 6.54. The van der Waals surface area contributed by atoms with Gasteiger partial charge in [0.25, 0.3) is 0 Å². The molecule has 0 bridgehead atoms. The molecule has 0 atom stereocenters. The number of piperidine rings is 1. The molecule has 0 unspecified atom stereocenters. The molecule has 2 saturated heterocycles. The zero-order valence-electron chi connectivity index (χ0n) is 32.4. The van der Waals surface area contributed by atoms with Crippen LogP contribution in [-0.2, 0) is 30.3 Å². The fraction of sp³-hybridized carbons (Fsp3) is 0.639. The van der Waals surface area contributed by atoms with Crippen LogP contribution < -0.4 is 33.8 Å². The van der Waals surface area contributed by atoms with Gasteiger partial charge in [0.2, 0.25) is 23.6 Å². The van der Waals surface area contributed by atoms with Crippen molar-refractivity contribution in [2.45, 2.75) is 25.5 Å². The van der Waals surface area contributed by atoms with Crippen molar-refractivity contribution in [1.29, 1.82) is 0 Å². The lowest BCUT2D eigenvalue weighted by Crippen LogP contribution is -2.49. The van der Waals surface area contributed by atoms with Crippen LogP contribution in [0, 0.1) is 0 Å². The number of aromatic nitrogens is 4. The average Bonchev–Trinajstić information content (AvgIpc) is 3.19. The minimum Gasteiger partial charge on any atom is -0.493 e. The predicted molar refractivity (Wildman–Crippen MR) is 202 cm³/mol. The number of amides is 1. The molecule has 5 rings (SSSR count). The van der Waals surface area contributed by atoms with Crippen LogP contribution in [0.2, 0.25) is 0 Å². The van der Waals surface area contributed by atoms with Gasteiger partial charge in [-0.25, -0.2) is 9.97 Å². The summed E-state index contributed by atoms with van der Waals surface area (Å²) in [5.74, 6) is 3.81. The topological polar surface area (TPSA) is 149 Å². The second kappa shape index (κ2) is 19.0. The highest BCUT2D eigenvalue weighted by Crippen LogP contribution is 2.39. The molecule has 2 aliphatic heterocycles. The normalized spacial score (nSPS) is 15.3. The number of rotatable bonds is 19. The number of carbonyl (C=O) groups excluding carboxylic acids is 1. The molecule has 1 aromatic carbocycles. The summed E-state index contributed by atoms with van der Waals surface area (Å²) in [5.41, 5.74) is 2.05. The van der Waals surface area contributed by atoms with Crippen molar-refractivity contribution in [2.75, 3.05) is 149 Å². The number of hydrogen-bond acceptors (Lipinski definition) is 16. The molecule has 0 radical (unpaired) electrons. The second-order valence-corrected chi connectivity index (χ2v) is 13.0. The van der Waals surface area contributed by atoms with Crippen LogP contribution in [-0.4, -0.2) is 166 Å². The van der Waals surface area contributed by atoms with E-state index in [1.165, 1.54) is 0 Å². The molecule has 53 heavy (non-hydrogen) atoms. The Morgan fingerprint density at radius 1 is 0.679 bits per heavy atom. The molecule has 0 spiro atoms. The van der Waals surface area contributed by atoms with E-state index in [2.05, 4.69) is 9.80 Å². The van der Waals surface area contributed by atoms with Crippen molar-refractivity contribution in [1.82, 2.24) is 24.8 Å². The van der Waals surface area contributed by atoms with Gasteiger partial charge in [-0.15, -0.1) is 0 Å². The van der Waals surface area contributed by atoms with Gasteiger partial charge in [0.15, 0.2) is 23.1 Å². The third-order valence-electron chi connectivity index (χ3n) is 9.67. The highest BCUT2D eigenvalue weighted by molar-refractivity contribution is 5.96. The first-order chi connectivity index (χ1) is 25.8. The molecule has 2 aromatic heterocycles. The summed E-state index contributed by atoms with van der Waals surface area (Å²) < 4.78 is 39.1. The number of anilines is 4. The Labute approximate surface area is 312 Å². The number of likely N-dealkylation sites (N-methyl/N-ethyl adjacent to an activating group) is 1. The largest absolute Gasteiger partial charge is 0.493 e. The van der Waals surface area contributed by atoms with E-state index in [1.54, 1.807) is 54.7 Å². The third kappa shape index (κ3) is 9.38. The molecule has 0 aliphatic carbocycles. The molecule has 3 aromatic rings. The van der Waals surface area contributed by atoms with Gasteiger partial charge in [-0.3, -0.25) is 4.79 Å². The van der Waals surface area contributed by atoms with E-state index in [1.807, 2.05) is 29.0 Å². The molecule has 17 heteroatoms. The lowest BCUT2D eigenvalue weighted by molar-refractivity contribution is -0.129. The van der Waals surface area contributed by atoms with Crippen LogP contribution in [0.3, 0.4) is 0 Å². The van der Waals surface area contributed by atoms with E-state index in [-0.39, 0.29) is 18.6 Å². The summed E-state index contributed by atoms with van der Waals surface area (Å²) in [6, 6.07) is 3.83. The van der Waals surface area contributed by atoms with E-state index >= 15 is 0 Å². The lowest BCUT2D eigenvalue weighted by atomic mass is 10.1. The SMILES string of the molecule is COCCN(Cc1cc(OC)c(OC)c(OC)c1)c1nc(N2CCN(C)C(=O)C2)c2nc(N(CCOC)CCOC)nc(N3CCC(OC)CC3)c2n1. The zero-order valence-corrected chi connectivity index (χ0v) is 32.4. The van der Waals surface area contributed by atoms with E-state index in [0.29, 0.717) is 111 Å². The summed E-state index contributed by atoms with van der Waals surface area (Å²) >= 11 is 0. The minimum absolute atomic E-state index is 0.00354. The number of nitrogens with zero attached hydrogens (tertiary/aromatic N) is 9. The molecule has 17 nitrogen and oxygen atoms in total. The number of fused-ring (bicyclic) bond motifs is 1. The summed E-state index contributed by atoms with van der Waals surface area (Å²) in [5, 5.41) is 0. The zero-order chi connectivity index (χ0) is 37.9. The van der Waals surface area contributed by atoms with Gasteiger partial charge >= 0.3 is 0 Å². The second-order valence-electron chi connectivity index (χ2n) is 13.0.